The zero-order valence-electron chi connectivity index (χ0n) is 17.2. The summed E-state index contributed by atoms with van der Waals surface area (Å²) in [7, 11) is -2.19. The van der Waals surface area contributed by atoms with Crippen LogP contribution in [0.5, 0.6) is 5.75 Å². The molecule has 0 saturated carbocycles. The lowest BCUT2D eigenvalue weighted by Crippen LogP contribution is -2.31. The number of sulfonamides is 1. The molecule has 10 heteroatoms. The van der Waals surface area contributed by atoms with E-state index >= 15 is 0 Å². The van der Waals surface area contributed by atoms with Crippen molar-refractivity contribution in [3.05, 3.63) is 63.7 Å². The lowest BCUT2D eigenvalue weighted by Gasteiger charge is -2.20. The molecule has 0 unspecified atom stereocenters. The van der Waals surface area contributed by atoms with E-state index in [0.717, 1.165) is 25.7 Å². The Kier molecular flexibility index (Phi) is 7.24. The number of rotatable bonds is 7. The van der Waals surface area contributed by atoms with Crippen molar-refractivity contribution in [3.8, 4) is 5.75 Å². The summed E-state index contributed by atoms with van der Waals surface area (Å²) >= 11 is 0. The van der Waals surface area contributed by atoms with Gasteiger partial charge in [-0.25, -0.2) is 13.2 Å². The highest BCUT2D eigenvalue weighted by atomic mass is 32.2. The van der Waals surface area contributed by atoms with Gasteiger partial charge >= 0.3 is 5.97 Å². The first-order valence-electron chi connectivity index (χ1n) is 9.91. The molecular formula is C21H24N2O7S. The Hall–Kier alpha value is -2.98. The second-order valence-electron chi connectivity index (χ2n) is 7.17. The van der Waals surface area contributed by atoms with E-state index in [9.17, 15) is 23.3 Å². The fourth-order valence-electron chi connectivity index (χ4n) is 3.41. The predicted octanol–water partition coefficient (Wildman–Crippen LogP) is 3.53. The molecule has 166 valence electrons. The highest BCUT2D eigenvalue weighted by Crippen LogP contribution is 2.25. The number of nitro benzene ring substituents is 1. The van der Waals surface area contributed by atoms with Crippen molar-refractivity contribution in [3.63, 3.8) is 0 Å². The minimum absolute atomic E-state index is 0.131. The summed E-state index contributed by atoms with van der Waals surface area (Å²) < 4.78 is 37.5. The molecule has 1 heterocycles. The monoisotopic (exact) mass is 448 g/mol. The van der Waals surface area contributed by atoms with Gasteiger partial charge in [0.2, 0.25) is 10.0 Å². The van der Waals surface area contributed by atoms with Crippen LogP contribution in [0.4, 0.5) is 5.69 Å². The van der Waals surface area contributed by atoms with Gasteiger partial charge < -0.3 is 9.47 Å². The third-order valence-corrected chi connectivity index (χ3v) is 7.04. The van der Waals surface area contributed by atoms with E-state index < -0.39 is 20.9 Å². The molecule has 0 radical (unpaired) electrons. The van der Waals surface area contributed by atoms with Gasteiger partial charge in [-0.1, -0.05) is 12.8 Å². The van der Waals surface area contributed by atoms with Crippen molar-refractivity contribution < 1.29 is 27.6 Å². The van der Waals surface area contributed by atoms with Crippen LogP contribution in [0.2, 0.25) is 0 Å². The zero-order chi connectivity index (χ0) is 22.4. The molecule has 0 aliphatic carbocycles. The van der Waals surface area contributed by atoms with Crippen LogP contribution in [0, 0.1) is 10.1 Å². The van der Waals surface area contributed by atoms with Gasteiger partial charge in [0.25, 0.3) is 5.69 Å². The van der Waals surface area contributed by atoms with Crippen molar-refractivity contribution in [1.29, 1.82) is 0 Å². The summed E-state index contributed by atoms with van der Waals surface area (Å²) in [6, 6.07) is 9.60. The average molecular weight is 448 g/mol. The number of carbonyl (C=O) groups is 1. The molecular weight excluding hydrogens is 424 g/mol. The number of methoxy groups -OCH3 is 1. The number of nitro groups is 1. The first kappa shape index (κ1) is 22.7. The Morgan fingerprint density at radius 1 is 1.06 bits per heavy atom. The third kappa shape index (κ3) is 5.39. The highest BCUT2D eigenvalue weighted by Gasteiger charge is 2.25. The molecule has 1 fully saturated rings. The molecule has 1 aliphatic rings. The molecule has 2 aromatic rings. The fourth-order valence-corrected chi connectivity index (χ4v) is 4.93. The normalized spacial score (nSPS) is 15.1. The van der Waals surface area contributed by atoms with Gasteiger partial charge in [-0.15, -0.1) is 0 Å². The Labute approximate surface area is 180 Å². The molecule has 0 bridgehead atoms. The van der Waals surface area contributed by atoms with Gasteiger partial charge in [0.05, 0.1) is 22.5 Å². The van der Waals surface area contributed by atoms with Crippen LogP contribution < -0.4 is 4.74 Å². The maximum absolute atomic E-state index is 12.8. The largest absolute Gasteiger partial charge is 0.496 e. The summed E-state index contributed by atoms with van der Waals surface area (Å²) in [5.74, 6) is -0.315. The topological polar surface area (TPSA) is 116 Å². The molecule has 0 atom stereocenters. The smallest absolute Gasteiger partial charge is 0.338 e. The van der Waals surface area contributed by atoms with E-state index in [0.29, 0.717) is 24.4 Å². The number of hydrogen-bond donors (Lipinski definition) is 0. The SMILES string of the molecule is COc1ccc([N+](=O)[O-])cc1COC(=O)c1ccc(S(=O)(=O)N2CCCCCC2)cc1. The number of carbonyl (C=O) groups excluding carboxylic acids is 1. The van der Waals surface area contributed by atoms with Crippen LogP contribution in [-0.4, -0.2) is 43.8 Å². The Bertz CT molecular complexity index is 1040. The maximum Gasteiger partial charge on any atom is 0.338 e. The van der Waals surface area contributed by atoms with Gasteiger partial charge in [0, 0.05) is 30.8 Å². The summed E-state index contributed by atoms with van der Waals surface area (Å²) in [6.45, 7) is 0.770. The van der Waals surface area contributed by atoms with Crippen LogP contribution >= 0.6 is 0 Å². The lowest BCUT2D eigenvalue weighted by molar-refractivity contribution is -0.385. The van der Waals surface area contributed by atoms with Crippen molar-refractivity contribution in [2.75, 3.05) is 20.2 Å². The molecule has 0 aromatic heterocycles. The quantitative estimate of drug-likeness (QED) is 0.361. The van der Waals surface area contributed by atoms with E-state index in [1.807, 2.05) is 0 Å². The van der Waals surface area contributed by atoms with Crippen molar-refractivity contribution in [2.24, 2.45) is 0 Å². The van der Waals surface area contributed by atoms with E-state index in [1.165, 1.54) is 53.9 Å². The number of ether oxygens (including phenoxy) is 2. The number of esters is 1. The second kappa shape index (κ2) is 9.88. The maximum atomic E-state index is 12.8. The minimum Gasteiger partial charge on any atom is -0.496 e. The molecule has 0 spiro atoms. The Balaban J connectivity index is 1.70. The van der Waals surface area contributed by atoms with Crippen LogP contribution in [0.3, 0.4) is 0 Å². The van der Waals surface area contributed by atoms with Gasteiger partial charge in [0.1, 0.15) is 12.4 Å². The predicted molar refractivity (Wildman–Crippen MR) is 112 cm³/mol. The second-order valence-corrected chi connectivity index (χ2v) is 9.11. The van der Waals surface area contributed by atoms with Crippen molar-refractivity contribution in [1.82, 2.24) is 4.31 Å². The van der Waals surface area contributed by atoms with Crippen molar-refractivity contribution >= 4 is 21.7 Å². The number of hydrogen-bond acceptors (Lipinski definition) is 7. The van der Waals surface area contributed by atoms with Crippen LogP contribution in [0.15, 0.2) is 47.4 Å². The number of non-ortho nitro benzene ring substituents is 1. The van der Waals surface area contributed by atoms with E-state index in [-0.39, 0.29) is 22.8 Å². The Morgan fingerprint density at radius 2 is 1.71 bits per heavy atom. The first-order chi connectivity index (χ1) is 14.8. The van der Waals surface area contributed by atoms with Gasteiger partial charge in [-0.2, -0.15) is 4.31 Å². The van der Waals surface area contributed by atoms with E-state index in [2.05, 4.69) is 0 Å². The molecule has 3 rings (SSSR count). The molecule has 31 heavy (non-hydrogen) atoms. The first-order valence-corrected chi connectivity index (χ1v) is 11.4. The van der Waals surface area contributed by atoms with Gasteiger partial charge in [0.15, 0.2) is 0 Å². The van der Waals surface area contributed by atoms with Crippen molar-refractivity contribution in [2.45, 2.75) is 37.2 Å². The number of benzene rings is 2. The molecule has 0 N–H and O–H groups in total. The molecule has 1 saturated heterocycles. The molecule has 9 nitrogen and oxygen atoms in total. The fraction of sp³-hybridized carbons (Fsp3) is 0.381. The van der Waals surface area contributed by atoms with Gasteiger partial charge in [-0.05, 0) is 43.2 Å². The number of nitrogens with zero attached hydrogens (tertiary/aromatic N) is 2. The summed E-state index contributed by atoms with van der Waals surface area (Å²) in [5, 5.41) is 11.0. The summed E-state index contributed by atoms with van der Waals surface area (Å²) in [6.07, 6.45) is 3.72. The summed E-state index contributed by atoms with van der Waals surface area (Å²) in [4.78, 5) is 22.9. The summed E-state index contributed by atoms with van der Waals surface area (Å²) in [5.41, 5.74) is 0.388. The third-order valence-electron chi connectivity index (χ3n) is 5.13. The minimum atomic E-state index is -3.60. The van der Waals surface area contributed by atoms with Gasteiger partial charge in [-0.3, -0.25) is 10.1 Å². The molecule has 1 aliphatic heterocycles. The molecule has 2 aromatic carbocycles. The van der Waals surface area contributed by atoms with Crippen LogP contribution in [0.25, 0.3) is 0 Å². The Morgan fingerprint density at radius 3 is 2.29 bits per heavy atom. The van der Waals surface area contributed by atoms with Crippen LogP contribution in [0.1, 0.15) is 41.6 Å². The molecule has 0 amide bonds. The van der Waals surface area contributed by atoms with Crippen LogP contribution in [-0.2, 0) is 21.4 Å². The lowest BCUT2D eigenvalue weighted by atomic mass is 10.2. The van der Waals surface area contributed by atoms with E-state index in [1.54, 1.807) is 0 Å². The average Bonchev–Trinajstić information content (AvgIpc) is 3.07. The van der Waals surface area contributed by atoms with E-state index in [4.69, 9.17) is 9.47 Å². The standard InChI is InChI=1S/C21H24N2O7S/c1-29-20-11-8-18(23(25)26)14-17(20)15-30-21(24)16-6-9-19(10-7-16)31(27,28)22-12-4-2-3-5-13-22/h6-11,14H,2-5,12-13,15H2,1H3. The highest BCUT2D eigenvalue weighted by molar-refractivity contribution is 7.89. The zero-order valence-corrected chi connectivity index (χ0v) is 18.0.